The summed E-state index contributed by atoms with van der Waals surface area (Å²) < 4.78 is 5.15. The molecule has 0 spiro atoms. The van der Waals surface area contributed by atoms with Crippen LogP contribution in [0, 0.1) is 18.3 Å². The maximum absolute atomic E-state index is 12.4. The number of aryl methyl sites for hydroxylation is 1. The highest BCUT2D eigenvalue weighted by molar-refractivity contribution is 6.08. The molecular formula is C22H24N4O5. The van der Waals surface area contributed by atoms with E-state index in [1.807, 2.05) is 0 Å². The van der Waals surface area contributed by atoms with Crippen molar-refractivity contribution in [2.24, 2.45) is 5.92 Å². The summed E-state index contributed by atoms with van der Waals surface area (Å²) in [6, 6.07) is 3.01. The lowest BCUT2D eigenvalue weighted by molar-refractivity contribution is 0.0580. The molecule has 1 saturated carbocycles. The number of hydrogen-bond donors (Lipinski definition) is 2. The molecule has 1 aliphatic carbocycles. The number of aromatic amines is 1. The first-order chi connectivity index (χ1) is 14.6. The van der Waals surface area contributed by atoms with E-state index >= 15 is 0 Å². The Hall–Kier alpha value is -3.67. The van der Waals surface area contributed by atoms with Crippen molar-refractivity contribution >= 4 is 18.0 Å². The van der Waals surface area contributed by atoms with Crippen LogP contribution < -0.4 is 10.5 Å². The van der Waals surface area contributed by atoms with E-state index in [2.05, 4.69) is 20.9 Å². The van der Waals surface area contributed by atoms with E-state index in [0.29, 0.717) is 34.2 Å². The van der Waals surface area contributed by atoms with Gasteiger partial charge < -0.3 is 14.8 Å². The second-order valence-electron chi connectivity index (χ2n) is 8.37. The average molecular weight is 424 g/mol. The highest BCUT2D eigenvalue weighted by Crippen LogP contribution is 2.34. The van der Waals surface area contributed by atoms with Crippen molar-refractivity contribution in [1.82, 2.24) is 15.0 Å². The summed E-state index contributed by atoms with van der Waals surface area (Å²) in [7, 11) is 0. The number of aromatic nitrogens is 3. The number of nitrogens with zero attached hydrogens (tertiary/aromatic N) is 3. The van der Waals surface area contributed by atoms with Crippen LogP contribution in [-0.2, 0) is 11.2 Å². The van der Waals surface area contributed by atoms with Crippen molar-refractivity contribution in [2.75, 3.05) is 4.90 Å². The van der Waals surface area contributed by atoms with E-state index in [1.165, 1.54) is 25.1 Å². The molecule has 9 heteroatoms. The minimum Gasteiger partial charge on any atom is -0.464 e. The van der Waals surface area contributed by atoms with Gasteiger partial charge in [-0.2, -0.15) is 4.90 Å². The molecule has 2 aromatic heterocycles. The fraction of sp³-hybridized carbons (Fsp3) is 0.409. The Morgan fingerprint density at radius 2 is 2.06 bits per heavy atom. The Balaban J connectivity index is 2.00. The van der Waals surface area contributed by atoms with Crippen LogP contribution in [0.1, 0.15) is 51.4 Å². The number of hydrogen-bond acceptors (Lipinski definition) is 6. The Morgan fingerprint density at radius 1 is 1.35 bits per heavy atom. The SMILES string of the molecule is C#Cc1nc(-c2ccc(=O)[nH]c2CCC2CC2)cnc1N(C(=O)O)C(=O)OC(C)(C)C. The standard InChI is InChI=1S/C22H24N4O5/c1-5-15-19(26(20(28)29)21(30)31-22(2,3)4)23-12-17(24-15)14-9-11-18(27)25-16(14)10-8-13-6-7-13/h1,9,11-13H,6-8,10H2,2-4H3,(H,25,27)(H,28,29). The van der Waals surface area contributed by atoms with Crippen LogP contribution in [0.5, 0.6) is 0 Å². The van der Waals surface area contributed by atoms with Gasteiger partial charge in [0.05, 0.1) is 11.9 Å². The average Bonchev–Trinajstić information content (AvgIpc) is 3.49. The van der Waals surface area contributed by atoms with Crippen molar-refractivity contribution in [1.29, 1.82) is 0 Å². The number of amides is 2. The van der Waals surface area contributed by atoms with E-state index in [0.717, 1.165) is 6.42 Å². The fourth-order valence-corrected chi connectivity index (χ4v) is 3.05. The van der Waals surface area contributed by atoms with Gasteiger partial charge in [0.1, 0.15) is 5.60 Å². The first kappa shape index (κ1) is 22.0. The number of carbonyl (C=O) groups excluding carboxylic acids is 1. The van der Waals surface area contributed by atoms with Gasteiger partial charge in [0.15, 0.2) is 11.5 Å². The van der Waals surface area contributed by atoms with Gasteiger partial charge in [-0.15, -0.1) is 6.42 Å². The van der Waals surface area contributed by atoms with E-state index in [9.17, 15) is 19.5 Å². The third-order valence-electron chi connectivity index (χ3n) is 4.65. The van der Waals surface area contributed by atoms with Crippen LogP contribution in [0.3, 0.4) is 0 Å². The molecule has 31 heavy (non-hydrogen) atoms. The van der Waals surface area contributed by atoms with Gasteiger partial charge in [0, 0.05) is 17.3 Å². The molecule has 1 fully saturated rings. The third-order valence-corrected chi connectivity index (χ3v) is 4.65. The second kappa shape index (κ2) is 8.60. The maximum atomic E-state index is 12.4. The summed E-state index contributed by atoms with van der Waals surface area (Å²) in [5, 5.41) is 9.55. The Bertz CT molecular complexity index is 1110. The summed E-state index contributed by atoms with van der Waals surface area (Å²) >= 11 is 0. The fourth-order valence-electron chi connectivity index (χ4n) is 3.05. The predicted molar refractivity (Wildman–Crippen MR) is 114 cm³/mol. The first-order valence-corrected chi connectivity index (χ1v) is 9.91. The van der Waals surface area contributed by atoms with Crippen molar-refractivity contribution in [3.63, 3.8) is 0 Å². The maximum Gasteiger partial charge on any atom is 0.425 e. The molecule has 2 heterocycles. The Kier molecular flexibility index (Phi) is 6.11. The Labute approximate surface area is 179 Å². The largest absolute Gasteiger partial charge is 0.464 e. The van der Waals surface area contributed by atoms with Crippen LogP contribution >= 0.6 is 0 Å². The molecule has 0 aliphatic heterocycles. The molecule has 1 aliphatic rings. The van der Waals surface area contributed by atoms with Gasteiger partial charge >= 0.3 is 12.2 Å². The summed E-state index contributed by atoms with van der Waals surface area (Å²) in [6.45, 7) is 4.84. The highest BCUT2D eigenvalue weighted by atomic mass is 16.6. The number of carbonyl (C=O) groups is 2. The quantitative estimate of drug-likeness (QED) is 0.703. The smallest absolute Gasteiger partial charge is 0.425 e. The number of anilines is 1. The van der Waals surface area contributed by atoms with Gasteiger partial charge in [0.25, 0.3) is 0 Å². The minimum absolute atomic E-state index is 0.134. The topological polar surface area (TPSA) is 125 Å². The summed E-state index contributed by atoms with van der Waals surface area (Å²) in [4.78, 5) is 47.6. The molecular weight excluding hydrogens is 400 g/mol. The number of H-pyrrole nitrogens is 1. The molecule has 2 aromatic rings. The minimum atomic E-state index is -1.60. The normalized spacial score (nSPS) is 13.4. The van der Waals surface area contributed by atoms with Gasteiger partial charge in [-0.05, 0) is 51.5 Å². The number of nitrogens with one attached hydrogen (secondary N) is 1. The van der Waals surface area contributed by atoms with Gasteiger partial charge in [-0.25, -0.2) is 19.6 Å². The zero-order valence-corrected chi connectivity index (χ0v) is 17.6. The van der Waals surface area contributed by atoms with Crippen LogP contribution in [0.4, 0.5) is 15.4 Å². The van der Waals surface area contributed by atoms with Gasteiger partial charge in [-0.3, -0.25) is 4.79 Å². The van der Waals surface area contributed by atoms with Gasteiger partial charge in [-0.1, -0.05) is 12.8 Å². The van der Waals surface area contributed by atoms with Gasteiger partial charge in [0.2, 0.25) is 5.56 Å². The third kappa shape index (κ3) is 5.48. The lowest BCUT2D eigenvalue weighted by Crippen LogP contribution is -2.41. The molecule has 0 radical (unpaired) electrons. The monoisotopic (exact) mass is 424 g/mol. The number of imide groups is 1. The van der Waals surface area contributed by atoms with Crippen molar-refractivity contribution in [2.45, 2.75) is 52.1 Å². The number of carboxylic acid groups (broad SMARTS) is 1. The van der Waals surface area contributed by atoms with Crippen molar-refractivity contribution in [3.8, 4) is 23.6 Å². The lowest BCUT2D eigenvalue weighted by atomic mass is 10.0. The Morgan fingerprint density at radius 3 is 2.65 bits per heavy atom. The van der Waals surface area contributed by atoms with E-state index in [-0.39, 0.29) is 17.1 Å². The molecule has 0 bridgehead atoms. The lowest BCUT2D eigenvalue weighted by Gasteiger charge is -2.24. The molecule has 9 nitrogen and oxygen atoms in total. The van der Waals surface area contributed by atoms with Crippen molar-refractivity contribution < 1.29 is 19.4 Å². The van der Waals surface area contributed by atoms with E-state index in [1.54, 1.807) is 26.8 Å². The highest BCUT2D eigenvalue weighted by Gasteiger charge is 2.32. The zero-order valence-electron chi connectivity index (χ0n) is 17.6. The van der Waals surface area contributed by atoms with Crippen LogP contribution in [-0.4, -0.2) is 37.8 Å². The second-order valence-corrected chi connectivity index (χ2v) is 8.37. The first-order valence-electron chi connectivity index (χ1n) is 9.91. The van der Waals surface area contributed by atoms with E-state index < -0.39 is 17.8 Å². The van der Waals surface area contributed by atoms with E-state index in [4.69, 9.17) is 11.2 Å². The molecule has 0 aromatic carbocycles. The number of terminal acetylenes is 1. The molecule has 3 rings (SSSR count). The summed E-state index contributed by atoms with van der Waals surface area (Å²) in [5.41, 5.74) is 0.458. The van der Waals surface area contributed by atoms with Crippen LogP contribution in [0.2, 0.25) is 0 Å². The molecule has 0 saturated heterocycles. The predicted octanol–water partition coefficient (Wildman–Crippen LogP) is 3.58. The summed E-state index contributed by atoms with van der Waals surface area (Å²) in [5.74, 6) is 2.64. The molecule has 0 atom stereocenters. The van der Waals surface area contributed by atoms with Crippen LogP contribution in [0.25, 0.3) is 11.3 Å². The number of ether oxygens (including phenoxy) is 1. The summed E-state index contributed by atoms with van der Waals surface area (Å²) in [6.07, 6.45) is 8.15. The molecule has 162 valence electrons. The molecule has 0 unspecified atom stereocenters. The zero-order chi connectivity index (χ0) is 22.8. The van der Waals surface area contributed by atoms with Crippen molar-refractivity contribution in [3.05, 3.63) is 40.1 Å². The molecule has 2 amide bonds. The number of rotatable bonds is 5. The van der Waals surface area contributed by atoms with Crippen LogP contribution in [0.15, 0.2) is 23.1 Å². The molecule has 2 N–H and O–H groups in total. The number of pyridine rings is 1.